The Kier molecular flexibility index (Phi) is 5.18. The van der Waals surface area contributed by atoms with Crippen LogP contribution >= 0.6 is 0 Å². The first-order chi connectivity index (χ1) is 9.49. The number of nitrogens with zero attached hydrogens (tertiary/aromatic N) is 1. The molecule has 2 rings (SSSR count). The van der Waals surface area contributed by atoms with Crippen LogP contribution in [0.1, 0.15) is 24.0 Å². The Bertz CT molecular complexity index is 537. The van der Waals surface area contributed by atoms with Crippen molar-refractivity contribution in [3.8, 4) is 0 Å². The van der Waals surface area contributed by atoms with Crippen molar-refractivity contribution in [2.75, 3.05) is 25.9 Å². The molecule has 1 heterocycles. The van der Waals surface area contributed by atoms with E-state index >= 15 is 0 Å². The van der Waals surface area contributed by atoms with Crippen LogP contribution in [-0.2, 0) is 16.6 Å². The number of benzene rings is 1. The fourth-order valence-electron chi connectivity index (χ4n) is 2.62. The lowest BCUT2D eigenvalue weighted by atomic mass is 10.0. The third kappa shape index (κ3) is 4.04. The van der Waals surface area contributed by atoms with Gasteiger partial charge in [-0.25, -0.2) is 12.7 Å². The molecule has 1 aliphatic rings. The van der Waals surface area contributed by atoms with Gasteiger partial charge >= 0.3 is 0 Å². The Morgan fingerprint density at radius 3 is 2.75 bits per heavy atom. The number of rotatable bonds is 5. The molecule has 4 nitrogen and oxygen atoms in total. The van der Waals surface area contributed by atoms with Crippen molar-refractivity contribution in [3.05, 3.63) is 35.4 Å². The van der Waals surface area contributed by atoms with Crippen LogP contribution in [0.2, 0.25) is 0 Å². The van der Waals surface area contributed by atoms with Crippen LogP contribution < -0.4 is 5.32 Å². The fourth-order valence-corrected chi connectivity index (χ4v) is 4.09. The van der Waals surface area contributed by atoms with Crippen LogP contribution in [0.5, 0.6) is 0 Å². The average Bonchev–Trinajstić information content (AvgIpc) is 2.42. The zero-order valence-electron chi connectivity index (χ0n) is 12.3. The van der Waals surface area contributed by atoms with Gasteiger partial charge in [0, 0.05) is 13.6 Å². The SMILES string of the molecule is Cc1ccccc1CN(C)S(=O)(=O)CC1CCCNC1. The van der Waals surface area contributed by atoms with Gasteiger partial charge in [-0.2, -0.15) is 0 Å². The number of hydrogen-bond acceptors (Lipinski definition) is 3. The average molecular weight is 296 g/mol. The van der Waals surface area contributed by atoms with E-state index in [4.69, 9.17) is 0 Å². The van der Waals surface area contributed by atoms with E-state index < -0.39 is 10.0 Å². The van der Waals surface area contributed by atoms with Gasteiger partial charge < -0.3 is 5.32 Å². The lowest BCUT2D eigenvalue weighted by molar-refractivity contribution is 0.391. The van der Waals surface area contributed by atoms with E-state index in [0.717, 1.165) is 37.1 Å². The summed E-state index contributed by atoms with van der Waals surface area (Å²) >= 11 is 0. The van der Waals surface area contributed by atoms with Crippen molar-refractivity contribution in [2.45, 2.75) is 26.3 Å². The Balaban J connectivity index is 1.99. The van der Waals surface area contributed by atoms with Gasteiger partial charge in [-0.3, -0.25) is 0 Å². The zero-order valence-corrected chi connectivity index (χ0v) is 13.1. The summed E-state index contributed by atoms with van der Waals surface area (Å²) in [5.74, 6) is 0.496. The maximum atomic E-state index is 12.4. The second-order valence-corrected chi connectivity index (χ2v) is 7.79. The van der Waals surface area contributed by atoms with Gasteiger partial charge in [0.15, 0.2) is 0 Å². The normalized spacial score (nSPS) is 20.2. The summed E-state index contributed by atoms with van der Waals surface area (Å²) in [6.45, 7) is 4.29. The van der Waals surface area contributed by atoms with E-state index in [2.05, 4.69) is 5.32 Å². The summed E-state index contributed by atoms with van der Waals surface area (Å²) in [5, 5.41) is 3.27. The van der Waals surface area contributed by atoms with Crippen molar-refractivity contribution in [3.63, 3.8) is 0 Å². The molecule has 0 spiro atoms. The Morgan fingerprint density at radius 1 is 1.35 bits per heavy atom. The van der Waals surface area contributed by atoms with E-state index in [-0.39, 0.29) is 11.7 Å². The molecular weight excluding hydrogens is 272 g/mol. The Labute approximate surface area is 122 Å². The van der Waals surface area contributed by atoms with Crippen molar-refractivity contribution >= 4 is 10.0 Å². The molecule has 20 heavy (non-hydrogen) atoms. The lowest BCUT2D eigenvalue weighted by Gasteiger charge is -2.25. The van der Waals surface area contributed by atoms with E-state index in [9.17, 15) is 8.42 Å². The van der Waals surface area contributed by atoms with E-state index in [1.54, 1.807) is 7.05 Å². The van der Waals surface area contributed by atoms with Crippen molar-refractivity contribution in [1.29, 1.82) is 0 Å². The molecule has 1 saturated heterocycles. The zero-order chi connectivity index (χ0) is 14.6. The minimum Gasteiger partial charge on any atom is -0.316 e. The second-order valence-electron chi connectivity index (χ2n) is 5.67. The van der Waals surface area contributed by atoms with Crippen LogP contribution in [0.4, 0.5) is 0 Å². The van der Waals surface area contributed by atoms with Gasteiger partial charge in [-0.15, -0.1) is 0 Å². The van der Waals surface area contributed by atoms with Gasteiger partial charge in [0.25, 0.3) is 0 Å². The summed E-state index contributed by atoms with van der Waals surface area (Å²) in [6.07, 6.45) is 2.08. The molecule has 0 bridgehead atoms. The summed E-state index contributed by atoms with van der Waals surface area (Å²) in [5.41, 5.74) is 2.20. The smallest absolute Gasteiger partial charge is 0.214 e. The van der Waals surface area contributed by atoms with Gasteiger partial charge in [-0.1, -0.05) is 24.3 Å². The molecule has 1 aromatic carbocycles. The van der Waals surface area contributed by atoms with E-state index in [1.807, 2.05) is 31.2 Å². The molecule has 1 aromatic rings. The number of hydrogen-bond donors (Lipinski definition) is 1. The van der Waals surface area contributed by atoms with Crippen LogP contribution in [0.3, 0.4) is 0 Å². The van der Waals surface area contributed by atoms with Gasteiger partial charge in [0.05, 0.1) is 5.75 Å². The van der Waals surface area contributed by atoms with Crippen molar-refractivity contribution in [2.24, 2.45) is 5.92 Å². The second kappa shape index (κ2) is 6.70. The van der Waals surface area contributed by atoms with Gasteiger partial charge in [-0.05, 0) is 49.9 Å². The first-order valence-corrected chi connectivity index (χ1v) is 8.79. The fraction of sp³-hybridized carbons (Fsp3) is 0.600. The maximum absolute atomic E-state index is 12.4. The molecule has 0 amide bonds. The van der Waals surface area contributed by atoms with Crippen molar-refractivity contribution in [1.82, 2.24) is 9.62 Å². The van der Waals surface area contributed by atoms with Crippen LogP contribution in [0, 0.1) is 12.8 Å². The molecule has 1 fully saturated rings. The largest absolute Gasteiger partial charge is 0.316 e. The highest BCUT2D eigenvalue weighted by atomic mass is 32.2. The monoisotopic (exact) mass is 296 g/mol. The number of sulfonamides is 1. The molecule has 0 aromatic heterocycles. The summed E-state index contributed by atoms with van der Waals surface area (Å²) in [6, 6.07) is 7.93. The summed E-state index contributed by atoms with van der Waals surface area (Å²) in [7, 11) is -1.50. The predicted molar refractivity (Wildman–Crippen MR) is 82.0 cm³/mol. The van der Waals surface area contributed by atoms with Gasteiger partial charge in [0.1, 0.15) is 0 Å². The van der Waals surface area contributed by atoms with Crippen LogP contribution in [-0.4, -0.2) is 38.6 Å². The molecule has 112 valence electrons. The highest BCUT2D eigenvalue weighted by Crippen LogP contribution is 2.17. The Morgan fingerprint density at radius 2 is 2.10 bits per heavy atom. The highest BCUT2D eigenvalue weighted by Gasteiger charge is 2.25. The quantitative estimate of drug-likeness (QED) is 0.900. The van der Waals surface area contributed by atoms with E-state index in [0.29, 0.717) is 6.54 Å². The number of aryl methyl sites for hydroxylation is 1. The third-order valence-corrected chi connectivity index (χ3v) is 5.95. The topological polar surface area (TPSA) is 49.4 Å². The maximum Gasteiger partial charge on any atom is 0.214 e. The summed E-state index contributed by atoms with van der Waals surface area (Å²) in [4.78, 5) is 0. The molecule has 5 heteroatoms. The number of nitrogens with one attached hydrogen (secondary N) is 1. The summed E-state index contributed by atoms with van der Waals surface area (Å²) < 4.78 is 26.3. The first kappa shape index (κ1) is 15.5. The first-order valence-electron chi connectivity index (χ1n) is 7.18. The Hall–Kier alpha value is -0.910. The lowest BCUT2D eigenvalue weighted by Crippen LogP contribution is -2.38. The molecule has 1 aliphatic heterocycles. The van der Waals surface area contributed by atoms with Crippen LogP contribution in [0.25, 0.3) is 0 Å². The van der Waals surface area contributed by atoms with E-state index in [1.165, 1.54) is 4.31 Å². The predicted octanol–water partition coefficient (Wildman–Crippen LogP) is 1.76. The molecule has 1 atom stereocenters. The molecule has 0 aliphatic carbocycles. The van der Waals surface area contributed by atoms with Crippen LogP contribution in [0.15, 0.2) is 24.3 Å². The molecular formula is C15H24N2O2S. The van der Waals surface area contributed by atoms with Crippen molar-refractivity contribution < 1.29 is 8.42 Å². The third-order valence-electron chi connectivity index (χ3n) is 3.97. The standard InChI is InChI=1S/C15H24N2O2S/c1-13-6-3-4-8-15(13)11-17(2)20(18,19)12-14-7-5-9-16-10-14/h3-4,6,8,14,16H,5,7,9-12H2,1-2H3. The molecule has 1 unspecified atom stereocenters. The minimum atomic E-state index is -3.18. The minimum absolute atomic E-state index is 0.244. The number of piperidine rings is 1. The molecule has 0 saturated carbocycles. The van der Waals surface area contributed by atoms with Gasteiger partial charge in [0.2, 0.25) is 10.0 Å². The molecule has 0 radical (unpaired) electrons. The molecule has 1 N–H and O–H groups in total. The highest BCUT2D eigenvalue weighted by molar-refractivity contribution is 7.89.